The number of aromatic hydroxyl groups is 1. The van der Waals surface area contributed by atoms with Crippen molar-refractivity contribution in [2.75, 3.05) is 0 Å². The molecule has 4 nitrogen and oxygen atoms in total. The van der Waals surface area contributed by atoms with Crippen LogP contribution >= 0.6 is 0 Å². The predicted molar refractivity (Wildman–Crippen MR) is 287 cm³/mol. The van der Waals surface area contributed by atoms with Gasteiger partial charge in [0.1, 0.15) is 11.6 Å². The largest absolute Gasteiger partial charge is 0.507 e. The minimum absolute atomic E-state index is 0.117. The Morgan fingerprint density at radius 1 is 0.522 bits per heavy atom. The Bertz CT molecular complexity index is 3660. The molecule has 69 heavy (non-hydrogen) atoms. The number of para-hydroxylation sites is 2. The van der Waals surface area contributed by atoms with Gasteiger partial charge in [0, 0.05) is 35.4 Å². The van der Waals surface area contributed by atoms with E-state index in [1.807, 2.05) is 103 Å². The van der Waals surface area contributed by atoms with E-state index >= 15 is 0 Å². The lowest BCUT2D eigenvalue weighted by molar-refractivity contribution is 0.396. The van der Waals surface area contributed by atoms with Crippen LogP contribution in [0.5, 0.6) is 5.75 Å². The normalized spacial score (nSPS) is 18.4. The summed E-state index contributed by atoms with van der Waals surface area (Å²) in [5.41, 5.74) is 15.2. The molecule has 1 aliphatic rings. The molecule has 0 saturated heterocycles. The second kappa shape index (κ2) is 18.3. The molecule has 11 rings (SSSR count). The van der Waals surface area contributed by atoms with Crippen LogP contribution in [0.25, 0.3) is 83.9 Å². The molecule has 0 aliphatic heterocycles. The maximum Gasteiger partial charge on any atom is 0.149 e. The van der Waals surface area contributed by atoms with Gasteiger partial charge in [0.2, 0.25) is 0 Å². The van der Waals surface area contributed by atoms with Crippen molar-refractivity contribution in [3.8, 4) is 78.6 Å². The van der Waals surface area contributed by atoms with Gasteiger partial charge in [-0.25, -0.2) is 4.98 Å². The molecule has 0 unspecified atom stereocenters. The van der Waals surface area contributed by atoms with E-state index in [1.165, 1.54) is 0 Å². The molecule has 1 fully saturated rings. The lowest BCUT2D eigenvalue weighted by atomic mass is 9.76. The third kappa shape index (κ3) is 8.68. The van der Waals surface area contributed by atoms with Gasteiger partial charge in [-0.15, -0.1) is 0 Å². The van der Waals surface area contributed by atoms with Crippen molar-refractivity contribution in [3.05, 3.63) is 229 Å². The minimum atomic E-state index is -2.18. The van der Waals surface area contributed by atoms with E-state index in [2.05, 4.69) is 110 Å². The average Bonchev–Trinajstić information content (AvgIpc) is 3.82. The zero-order chi connectivity index (χ0) is 51.4. The number of pyridine rings is 1. The summed E-state index contributed by atoms with van der Waals surface area (Å²) in [5, 5.41) is 12.6. The van der Waals surface area contributed by atoms with Crippen LogP contribution in [0.1, 0.15) is 87.4 Å². The minimum Gasteiger partial charge on any atom is -0.507 e. The van der Waals surface area contributed by atoms with E-state index in [9.17, 15) is 7.85 Å². The van der Waals surface area contributed by atoms with E-state index in [-0.39, 0.29) is 11.2 Å². The molecule has 0 amide bonds. The van der Waals surface area contributed by atoms with Gasteiger partial charge in [-0.2, -0.15) is 0 Å². The van der Waals surface area contributed by atoms with E-state index < -0.39 is 18.6 Å². The van der Waals surface area contributed by atoms with Gasteiger partial charge in [0.25, 0.3) is 0 Å². The first kappa shape index (κ1) is 38.2. The molecular formula is C65H57N3O. The highest BCUT2D eigenvalue weighted by Gasteiger charge is 2.26. The van der Waals surface area contributed by atoms with E-state index in [4.69, 9.17) is 14.1 Å². The number of aromatic nitrogens is 3. The Hall–Kier alpha value is -7.82. The molecule has 1 aliphatic carbocycles. The topological polar surface area (TPSA) is 50.9 Å². The maximum atomic E-state index is 12.6. The number of benzene rings is 8. The SMILES string of the molecule is [2H]C([2H])([2H])c1ccc(-c2ccnc(-c3cc(-c4cccc5c4nc(-c4cccc(-c6ccccc6-c6ccccc6)c4O)n5-c4ccc(C5([2H])CCC([2H])(c6ccccc6)CC5)cc4)cc(C(C)(C)C)c3)c2)cc1. The Balaban J connectivity index is 1.05. The Morgan fingerprint density at radius 3 is 1.84 bits per heavy atom. The van der Waals surface area contributed by atoms with E-state index in [1.54, 1.807) is 18.3 Å². The molecular weight excluding hydrogens is 839 g/mol. The third-order valence-electron chi connectivity index (χ3n) is 13.8. The van der Waals surface area contributed by atoms with Gasteiger partial charge in [-0.3, -0.25) is 9.55 Å². The van der Waals surface area contributed by atoms with Crippen LogP contribution in [0.2, 0.25) is 0 Å². The van der Waals surface area contributed by atoms with Crippen molar-refractivity contribution in [2.24, 2.45) is 0 Å². The average molecular weight is 901 g/mol. The quantitative estimate of drug-likeness (QED) is 0.157. The van der Waals surface area contributed by atoms with Gasteiger partial charge in [-0.05, 0) is 148 Å². The molecule has 338 valence electrons. The van der Waals surface area contributed by atoms with Crippen LogP contribution in [-0.2, 0) is 5.41 Å². The number of hydrogen-bond donors (Lipinski definition) is 1. The summed E-state index contributed by atoms with van der Waals surface area (Å²) >= 11 is 0. The standard InChI is InChI=1S/C65H57N3O/c1-43-25-27-48(28-26-43)50-37-38-66-60(42-50)52-39-51(40-53(41-52)65(2,3)4)56-21-14-24-61-62(56)67-64(59-23-13-22-58(63(59)69)57-20-12-11-19-55(57)49-17-9-6-10-18-49)68(61)54-35-33-47(34-36-54)46-31-29-45(30-32-46)44-15-7-5-8-16-44/h5-28,33-42,45-46,69H,29-32H2,1-4H3/i1D3,45D,46D. The summed E-state index contributed by atoms with van der Waals surface area (Å²) in [6, 6.07) is 66.5. The number of aryl methyl sites for hydroxylation is 1. The fourth-order valence-electron chi connectivity index (χ4n) is 10.0. The molecule has 2 aromatic heterocycles. The number of fused-ring (bicyclic) bond motifs is 1. The molecule has 4 heteroatoms. The molecule has 10 aromatic rings. The lowest BCUT2D eigenvalue weighted by Gasteiger charge is -2.29. The van der Waals surface area contributed by atoms with Gasteiger partial charge in [0.05, 0.1) is 22.3 Å². The van der Waals surface area contributed by atoms with Crippen molar-refractivity contribution in [2.45, 2.75) is 70.5 Å². The summed E-state index contributed by atoms with van der Waals surface area (Å²) in [4.78, 5) is 10.4. The second-order valence-corrected chi connectivity index (χ2v) is 19.2. The van der Waals surface area contributed by atoms with Gasteiger partial charge < -0.3 is 5.11 Å². The van der Waals surface area contributed by atoms with Crippen LogP contribution in [0.3, 0.4) is 0 Å². The van der Waals surface area contributed by atoms with Crippen LogP contribution in [0.15, 0.2) is 206 Å². The van der Waals surface area contributed by atoms with E-state index in [0.29, 0.717) is 48.2 Å². The molecule has 1 N–H and O–H groups in total. The molecule has 1 saturated carbocycles. The summed E-state index contributed by atoms with van der Waals surface area (Å²) in [5.74, 6) is -0.857. The number of phenolic OH excluding ortho intramolecular Hbond substituents is 1. The van der Waals surface area contributed by atoms with Crippen LogP contribution in [-0.4, -0.2) is 19.6 Å². The van der Waals surface area contributed by atoms with E-state index in [0.717, 1.165) is 83.6 Å². The fourth-order valence-corrected chi connectivity index (χ4v) is 10.0. The van der Waals surface area contributed by atoms with Crippen LogP contribution in [0.4, 0.5) is 0 Å². The zero-order valence-electron chi connectivity index (χ0n) is 44.2. The number of hydrogen-bond acceptors (Lipinski definition) is 3. The smallest absolute Gasteiger partial charge is 0.149 e. The van der Waals surface area contributed by atoms with Crippen molar-refractivity contribution < 1.29 is 12.0 Å². The van der Waals surface area contributed by atoms with Crippen molar-refractivity contribution in [1.82, 2.24) is 14.5 Å². The number of phenols is 1. The highest BCUT2D eigenvalue weighted by Crippen LogP contribution is 2.46. The summed E-state index contributed by atoms with van der Waals surface area (Å²) in [7, 11) is 0. The monoisotopic (exact) mass is 900 g/mol. The van der Waals surface area contributed by atoms with Crippen LogP contribution < -0.4 is 0 Å². The summed E-state index contributed by atoms with van der Waals surface area (Å²) in [6.07, 6.45) is 4.16. The highest BCUT2D eigenvalue weighted by atomic mass is 16.3. The van der Waals surface area contributed by atoms with Crippen molar-refractivity contribution in [1.29, 1.82) is 0 Å². The second-order valence-electron chi connectivity index (χ2n) is 19.2. The first-order valence-electron chi connectivity index (χ1n) is 26.4. The Labute approximate surface area is 413 Å². The summed E-state index contributed by atoms with van der Waals surface area (Å²) < 4.78 is 44.8. The fraction of sp³-hybridized carbons (Fsp3) is 0.169. The van der Waals surface area contributed by atoms with Crippen LogP contribution in [0, 0.1) is 6.85 Å². The number of rotatable bonds is 9. The number of imidazole rings is 1. The van der Waals surface area contributed by atoms with Gasteiger partial charge in [-0.1, -0.05) is 178 Å². The third-order valence-corrected chi connectivity index (χ3v) is 13.8. The Kier molecular flexibility index (Phi) is 10.2. The first-order valence-corrected chi connectivity index (χ1v) is 23.9. The molecule has 0 atom stereocenters. The molecule has 0 bridgehead atoms. The molecule has 2 heterocycles. The van der Waals surface area contributed by atoms with Crippen molar-refractivity contribution >= 4 is 11.0 Å². The first-order chi connectivity index (χ1) is 35.6. The maximum absolute atomic E-state index is 12.6. The highest BCUT2D eigenvalue weighted by molar-refractivity contribution is 5.98. The number of nitrogens with zero attached hydrogens (tertiary/aromatic N) is 3. The summed E-state index contributed by atoms with van der Waals surface area (Å²) in [6.45, 7) is 4.43. The van der Waals surface area contributed by atoms with Gasteiger partial charge in [0.15, 0.2) is 0 Å². The van der Waals surface area contributed by atoms with Crippen molar-refractivity contribution in [3.63, 3.8) is 0 Å². The molecule has 8 aromatic carbocycles. The predicted octanol–water partition coefficient (Wildman–Crippen LogP) is 17.2. The Morgan fingerprint density at radius 2 is 1.13 bits per heavy atom. The molecule has 0 radical (unpaired) electrons. The molecule has 0 spiro atoms. The zero-order valence-corrected chi connectivity index (χ0v) is 39.2. The lowest BCUT2D eigenvalue weighted by Crippen LogP contribution is -2.12. The van der Waals surface area contributed by atoms with Gasteiger partial charge >= 0.3 is 0 Å².